The summed E-state index contributed by atoms with van der Waals surface area (Å²) >= 11 is 0. The maximum Gasteiger partial charge on any atom is 0.251 e. The Hall–Kier alpha value is -2.01. The van der Waals surface area contributed by atoms with E-state index in [4.69, 9.17) is 5.73 Å². The average molecular weight is 270 g/mol. The lowest BCUT2D eigenvalue weighted by Gasteiger charge is -2.29. The SMILES string of the molecule is N[C@@H]1CCCC[C@H]1NC(=O)c1ccc2nccnc2c1. The second-order valence-corrected chi connectivity index (χ2v) is 5.29. The van der Waals surface area contributed by atoms with E-state index in [9.17, 15) is 4.79 Å². The van der Waals surface area contributed by atoms with E-state index in [1.165, 1.54) is 0 Å². The number of amides is 1. The molecule has 1 aliphatic carbocycles. The summed E-state index contributed by atoms with van der Waals surface area (Å²) in [5.41, 5.74) is 8.19. The lowest BCUT2D eigenvalue weighted by Crippen LogP contribution is -2.49. The average Bonchev–Trinajstić information content (AvgIpc) is 2.49. The van der Waals surface area contributed by atoms with Gasteiger partial charge in [-0.3, -0.25) is 14.8 Å². The molecular weight excluding hydrogens is 252 g/mol. The van der Waals surface area contributed by atoms with Gasteiger partial charge in [-0.15, -0.1) is 0 Å². The van der Waals surface area contributed by atoms with Crippen molar-refractivity contribution in [3.8, 4) is 0 Å². The molecule has 2 atom stereocenters. The molecule has 5 heteroatoms. The van der Waals surface area contributed by atoms with Gasteiger partial charge in [-0.2, -0.15) is 0 Å². The number of carbonyl (C=O) groups is 1. The molecule has 1 aliphatic rings. The van der Waals surface area contributed by atoms with Gasteiger partial charge in [0.2, 0.25) is 0 Å². The van der Waals surface area contributed by atoms with Crippen LogP contribution in [0, 0.1) is 0 Å². The molecule has 1 amide bonds. The van der Waals surface area contributed by atoms with Crippen LogP contribution in [0.4, 0.5) is 0 Å². The van der Waals surface area contributed by atoms with Gasteiger partial charge in [-0.1, -0.05) is 12.8 Å². The molecule has 0 unspecified atom stereocenters. The molecule has 0 radical (unpaired) electrons. The van der Waals surface area contributed by atoms with Crippen molar-refractivity contribution in [3.63, 3.8) is 0 Å². The normalized spacial score (nSPS) is 22.6. The Morgan fingerprint density at radius 3 is 2.70 bits per heavy atom. The zero-order valence-corrected chi connectivity index (χ0v) is 11.2. The van der Waals surface area contributed by atoms with E-state index in [0.29, 0.717) is 5.56 Å². The van der Waals surface area contributed by atoms with Crippen LogP contribution in [0.1, 0.15) is 36.0 Å². The predicted molar refractivity (Wildman–Crippen MR) is 77.2 cm³/mol. The van der Waals surface area contributed by atoms with Crippen LogP contribution in [0.2, 0.25) is 0 Å². The molecule has 3 N–H and O–H groups in total. The second-order valence-electron chi connectivity index (χ2n) is 5.29. The Kier molecular flexibility index (Phi) is 3.60. The molecule has 0 spiro atoms. The molecule has 1 heterocycles. The molecular formula is C15H18N4O. The summed E-state index contributed by atoms with van der Waals surface area (Å²) in [6.07, 6.45) is 7.49. The predicted octanol–water partition coefficient (Wildman–Crippen LogP) is 1.63. The van der Waals surface area contributed by atoms with Gasteiger partial charge in [-0.05, 0) is 31.0 Å². The van der Waals surface area contributed by atoms with Gasteiger partial charge in [0.1, 0.15) is 0 Å². The number of hydrogen-bond donors (Lipinski definition) is 2. The fourth-order valence-corrected chi connectivity index (χ4v) is 2.69. The van der Waals surface area contributed by atoms with E-state index in [-0.39, 0.29) is 18.0 Å². The first kappa shape index (κ1) is 13.0. The summed E-state index contributed by atoms with van der Waals surface area (Å²) in [5.74, 6) is -0.0834. The van der Waals surface area contributed by atoms with E-state index in [1.807, 2.05) is 6.07 Å². The standard InChI is InChI=1S/C15H18N4O/c16-11-3-1-2-4-12(11)19-15(20)10-5-6-13-14(9-10)18-8-7-17-13/h5-9,11-12H,1-4,16H2,(H,19,20)/t11-,12-/m1/s1. The summed E-state index contributed by atoms with van der Waals surface area (Å²) in [6, 6.07) is 5.51. The minimum atomic E-state index is -0.0834. The Morgan fingerprint density at radius 2 is 1.90 bits per heavy atom. The smallest absolute Gasteiger partial charge is 0.251 e. The molecule has 0 saturated heterocycles. The Labute approximate surface area is 117 Å². The highest BCUT2D eigenvalue weighted by atomic mass is 16.1. The molecule has 1 fully saturated rings. The van der Waals surface area contributed by atoms with Gasteiger partial charge >= 0.3 is 0 Å². The molecule has 5 nitrogen and oxygen atoms in total. The Bertz CT molecular complexity index is 628. The van der Waals surface area contributed by atoms with E-state index >= 15 is 0 Å². The molecule has 2 aromatic rings. The van der Waals surface area contributed by atoms with Gasteiger partial charge < -0.3 is 11.1 Å². The number of rotatable bonds is 2. The van der Waals surface area contributed by atoms with Crippen molar-refractivity contribution >= 4 is 16.9 Å². The van der Waals surface area contributed by atoms with Crippen LogP contribution in [-0.2, 0) is 0 Å². The van der Waals surface area contributed by atoms with Crippen LogP contribution in [0.3, 0.4) is 0 Å². The van der Waals surface area contributed by atoms with Gasteiger partial charge in [-0.25, -0.2) is 0 Å². The van der Waals surface area contributed by atoms with Crippen molar-refractivity contribution in [2.24, 2.45) is 5.73 Å². The fraction of sp³-hybridized carbons (Fsp3) is 0.400. The van der Waals surface area contributed by atoms with Crippen molar-refractivity contribution in [2.75, 3.05) is 0 Å². The van der Waals surface area contributed by atoms with Crippen LogP contribution in [0.15, 0.2) is 30.6 Å². The number of aromatic nitrogens is 2. The highest BCUT2D eigenvalue weighted by molar-refractivity contribution is 5.97. The van der Waals surface area contributed by atoms with E-state index in [0.717, 1.165) is 36.7 Å². The topological polar surface area (TPSA) is 80.9 Å². The van der Waals surface area contributed by atoms with Gasteiger partial charge in [0.15, 0.2) is 0 Å². The van der Waals surface area contributed by atoms with E-state index in [2.05, 4.69) is 15.3 Å². The third-order valence-electron chi connectivity index (χ3n) is 3.87. The number of fused-ring (bicyclic) bond motifs is 1. The minimum absolute atomic E-state index is 0.0629. The van der Waals surface area contributed by atoms with Crippen molar-refractivity contribution in [1.29, 1.82) is 0 Å². The fourth-order valence-electron chi connectivity index (χ4n) is 2.69. The first-order valence-electron chi connectivity index (χ1n) is 7.01. The third-order valence-corrected chi connectivity index (χ3v) is 3.87. The summed E-state index contributed by atoms with van der Waals surface area (Å²) in [5, 5.41) is 3.04. The van der Waals surface area contributed by atoms with Gasteiger partial charge in [0.25, 0.3) is 5.91 Å². The lowest BCUT2D eigenvalue weighted by atomic mass is 9.91. The number of hydrogen-bond acceptors (Lipinski definition) is 4. The third kappa shape index (κ3) is 2.63. The monoisotopic (exact) mass is 270 g/mol. The molecule has 20 heavy (non-hydrogen) atoms. The van der Waals surface area contributed by atoms with Crippen LogP contribution in [0.5, 0.6) is 0 Å². The first-order chi connectivity index (χ1) is 9.74. The maximum absolute atomic E-state index is 12.3. The maximum atomic E-state index is 12.3. The zero-order valence-electron chi connectivity index (χ0n) is 11.2. The first-order valence-corrected chi connectivity index (χ1v) is 7.01. The summed E-state index contributed by atoms with van der Waals surface area (Å²) in [7, 11) is 0. The van der Waals surface area contributed by atoms with Crippen molar-refractivity contribution in [2.45, 2.75) is 37.8 Å². The molecule has 1 aromatic carbocycles. The van der Waals surface area contributed by atoms with Crippen molar-refractivity contribution in [1.82, 2.24) is 15.3 Å². The highest BCUT2D eigenvalue weighted by Gasteiger charge is 2.23. The largest absolute Gasteiger partial charge is 0.348 e. The zero-order chi connectivity index (χ0) is 13.9. The van der Waals surface area contributed by atoms with Crippen LogP contribution < -0.4 is 11.1 Å². The molecule has 1 saturated carbocycles. The molecule has 104 valence electrons. The molecule has 1 aromatic heterocycles. The molecule has 0 aliphatic heterocycles. The van der Waals surface area contributed by atoms with Crippen LogP contribution in [0.25, 0.3) is 11.0 Å². The Morgan fingerprint density at radius 1 is 1.15 bits per heavy atom. The molecule has 3 rings (SSSR count). The van der Waals surface area contributed by atoms with Crippen molar-refractivity contribution < 1.29 is 4.79 Å². The van der Waals surface area contributed by atoms with Crippen LogP contribution >= 0.6 is 0 Å². The number of carbonyl (C=O) groups excluding carboxylic acids is 1. The van der Waals surface area contributed by atoms with E-state index < -0.39 is 0 Å². The van der Waals surface area contributed by atoms with Crippen LogP contribution in [-0.4, -0.2) is 28.0 Å². The summed E-state index contributed by atoms with van der Waals surface area (Å²) < 4.78 is 0. The van der Waals surface area contributed by atoms with E-state index in [1.54, 1.807) is 24.5 Å². The quantitative estimate of drug-likeness (QED) is 0.869. The number of nitrogens with two attached hydrogens (primary N) is 1. The number of benzene rings is 1. The lowest BCUT2D eigenvalue weighted by molar-refractivity contribution is 0.0921. The van der Waals surface area contributed by atoms with Gasteiger partial charge in [0.05, 0.1) is 11.0 Å². The number of nitrogens with zero attached hydrogens (tertiary/aromatic N) is 2. The Balaban J connectivity index is 1.78. The summed E-state index contributed by atoms with van der Waals surface area (Å²) in [6.45, 7) is 0. The summed E-state index contributed by atoms with van der Waals surface area (Å²) in [4.78, 5) is 20.7. The second kappa shape index (κ2) is 5.54. The minimum Gasteiger partial charge on any atom is -0.348 e. The molecule has 0 bridgehead atoms. The number of nitrogens with one attached hydrogen (secondary N) is 1. The highest BCUT2D eigenvalue weighted by Crippen LogP contribution is 2.18. The van der Waals surface area contributed by atoms with Gasteiger partial charge in [0, 0.05) is 30.0 Å². The van der Waals surface area contributed by atoms with Crippen molar-refractivity contribution in [3.05, 3.63) is 36.2 Å².